The molecule has 1 aromatic rings. The van der Waals surface area contributed by atoms with E-state index in [1.807, 2.05) is 19.1 Å². The van der Waals surface area contributed by atoms with Gasteiger partial charge in [0.25, 0.3) is 5.91 Å². The molecule has 0 bridgehead atoms. The summed E-state index contributed by atoms with van der Waals surface area (Å²) in [7, 11) is 0. The van der Waals surface area contributed by atoms with Gasteiger partial charge in [-0.15, -0.1) is 0 Å². The third-order valence-electron chi connectivity index (χ3n) is 2.79. The van der Waals surface area contributed by atoms with Crippen molar-refractivity contribution in [2.45, 2.75) is 40.3 Å². The Morgan fingerprint density at radius 2 is 2.05 bits per heavy atom. The lowest BCUT2D eigenvalue weighted by Crippen LogP contribution is -2.31. The van der Waals surface area contributed by atoms with Gasteiger partial charge in [0.15, 0.2) is 6.10 Å². The van der Waals surface area contributed by atoms with Crippen molar-refractivity contribution < 1.29 is 9.53 Å². The molecule has 1 unspecified atom stereocenters. The molecule has 0 heterocycles. The molecule has 0 radical (unpaired) electrons. The predicted molar refractivity (Wildman–Crippen MR) is 77.0 cm³/mol. The number of benzene rings is 1. The average Bonchev–Trinajstić information content (AvgIpc) is 2.31. The summed E-state index contributed by atoms with van der Waals surface area (Å²) in [6.45, 7) is 9.69. The highest BCUT2D eigenvalue weighted by Crippen LogP contribution is 2.21. The van der Waals surface area contributed by atoms with E-state index in [-0.39, 0.29) is 0 Å². The van der Waals surface area contributed by atoms with Crippen LogP contribution in [-0.2, 0) is 11.3 Å². The Balaban J connectivity index is 2.76. The SMILES string of the molecule is Cc1ccc(OC(C)C(N)=O)c(CNCC(C)C)c1. The van der Waals surface area contributed by atoms with Gasteiger partial charge >= 0.3 is 0 Å². The zero-order valence-corrected chi connectivity index (χ0v) is 12.2. The van der Waals surface area contributed by atoms with Crippen molar-refractivity contribution in [2.75, 3.05) is 6.54 Å². The van der Waals surface area contributed by atoms with Gasteiger partial charge in [0.2, 0.25) is 0 Å². The van der Waals surface area contributed by atoms with Gasteiger partial charge in [-0.1, -0.05) is 31.5 Å². The number of nitrogens with two attached hydrogens (primary N) is 1. The Kier molecular flexibility index (Phi) is 5.83. The molecule has 1 atom stereocenters. The van der Waals surface area contributed by atoms with Crippen LogP contribution in [0.3, 0.4) is 0 Å². The van der Waals surface area contributed by atoms with Crippen molar-refractivity contribution in [3.63, 3.8) is 0 Å². The molecular formula is C15H24N2O2. The van der Waals surface area contributed by atoms with Gasteiger partial charge in [-0.25, -0.2) is 0 Å². The zero-order chi connectivity index (χ0) is 14.4. The van der Waals surface area contributed by atoms with Crippen LogP contribution in [0.5, 0.6) is 5.75 Å². The first-order chi connectivity index (χ1) is 8.90. The molecule has 0 aliphatic heterocycles. The monoisotopic (exact) mass is 264 g/mol. The number of hydrogen-bond donors (Lipinski definition) is 2. The fourth-order valence-electron chi connectivity index (χ4n) is 1.71. The highest BCUT2D eigenvalue weighted by Gasteiger charge is 2.13. The lowest BCUT2D eigenvalue weighted by atomic mass is 10.1. The first kappa shape index (κ1) is 15.5. The molecule has 0 aliphatic carbocycles. The summed E-state index contributed by atoms with van der Waals surface area (Å²) in [5, 5.41) is 3.38. The highest BCUT2D eigenvalue weighted by molar-refractivity contribution is 5.78. The van der Waals surface area contributed by atoms with E-state index in [0.29, 0.717) is 11.7 Å². The van der Waals surface area contributed by atoms with Gasteiger partial charge in [0.05, 0.1) is 0 Å². The smallest absolute Gasteiger partial charge is 0.258 e. The molecule has 106 valence electrons. The predicted octanol–water partition coefficient (Wildman–Crippen LogP) is 1.99. The molecular weight excluding hydrogens is 240 g/mol. The second-order valence-corrected chi connectivity index (χ2v) is 5.30. The Bertz CT molecular complexity index is 430. The number of nitrogens with one attached hydrogen (secondary N) is 1. The standard InChI is InChI=1S/C15H24N2O2/c1-10(2)8-17-9-13-7-11(3)5-6-14(13)19-12(4)15(16)18/h5-7,10,12,17H,8-9H2,1-4H3,(H2,16,18). The molecule has 19 heavy (non-hydrogen) atoms. The highest BCUT2D eigenvalue weighted by atomic mass is 16.5. The third kappa shape index (κ3) is 5.30. The summed E-state index contributed by atoms with van der Waals surface area (Å²) in [6, 6.07) is 5.92. The van der Waals surface area contributed by atoms with E-state index < -0.39 is 12.0 Å². The largest absolute Gasteiger partial charge is 0.481 e. The van der Waals surface area contributed by atoms with Gasteiger partial charge in [-0.05, 0) is 32.4 Å². The average molecular weight is 264 g/mol. The van der Waals surface area contributed by atoms with Crippen molar-refractivity contribution in [2.24, 2.45) is 11.7 Å². The number of aryl methyl sites for hydroxylation is 1. The Morgan fingerprint density at radius 1 is 1.37 bits per heavy atom. The van der Waals surface area contributed by atoms with Crippen molar-refractivity contribution in [3.8, 4) is 5.75 Å². The van der Waals surface area contributed by atoms with E-state index in [1.165, 1.54) is 5.56 Å². The summed E-state index contributed by atoms with van der Waals surface area (Å²) < 4.78 is 5.60. The van der Waals surface area contributed by atoms with Crippen LogP contribution in [-0.4, -0.2) is 18.6 Å². The molecule has 3 N–H and O–H groups in total. The first-order valence-electron chi connectivity index (χ1n) is 6.66. The molecule has 0 aliphatic rings. The second-order valence-electron chi connectivity index (χ2n) is 5.30. The lowest BCUT2D eigenvalue weighted by Gasteiger charge is -2.16. The van der Waals surface area contributed by atoms with Crippen LogP contribution in [0.2, 0.25) is 0 Å². The summed E-state index contributed by atoms with van der Waals surface area (Å²) in [5.74, 6) is 0.855. The van der Waals surface area contributed by atoms with Crippen LogP contribution in [0.1, 0.15) is 31.9 Å². The Labute approximate surface area is 115 Å². The lowest BCUT2D eigenvalue weighted by molar-refractivity contribution is -0.124. The summed E-state index contributed by atoms with van der Waals surface area (Å²) in [6.07, 6.45) is -0.619. The number of hydrogen-bond acceptors (Lipinski definition) is 3. The zero-order valence-electron chi connectivity index (χ0n) is 12.2. The van der Waals surface area contributed by atoms with Crippen molar-refractivity contribution in [1.29, 1.82) is 0 Å². The van der Waals surface area contributed by atoms with Crippen molar-refractivity contribution in [1.82, 2.24) is 5.32 Å². The van der Waals surface area contributed by atoms with E-state index >= 15 is 0 Å². The van der Waals surface area contributed by atoms with Crippen molar-refractivity contribution in [3.05, 3.63) is 29.3 Å². The van der Waals surface area contributed by atoms with E-state index in [0.717, 1.165) is 18.7 Å². The number of rotatable bonds is 7. The number of ether oxygens (including phenoxy) is 1. The molecule has 1 amide bonds. The van der Waals surface area contributed by atoms with Gasteiger partial charge in [0.1, 0.15) is 5.75 Å². The van der Waals surface area contributed by atoms with Crippen LogP contribution >= 0.6 is 0 Å². The van der Waals surface area contributed by atoms with Gasteiger partial charge in [-0.3, -0.25) is 4.79 Å². The van der Waals surface area contributed by atoms with Crippen LogP contribution in [0.4, 0.5) is 0 Å². The minimum absolute atomic E-state index is 0.457. The quantitative estimate of drug-likeness (QED) is 0.791. The molecule has 1 rings (SSSR count). The van der Waals surface area contributed by atoms with Gasteiger partial charge in [-0.2, -0.15) is 0 Å². The molecule has 0 saturated carbocycles. The number of amides is 1. The molecule has 4 heteroatoms. The Hall–Kier alpha value is -1.55. The molecule has 0 aromatic heterocycles. The second kappa shape index (κ2) is 7.14. The van der Waals surface area contributed by atoms with Crippen LogP contribution < -0.4 is 15.8 Å². The number of carbonyl (C=O) groups is 1. The first-order valence-corrected chi connectivity index (χ1v) is 6.66. The van der Waals surface area contributed by atoms with E-state index in [2.05, 4.69) is 25.2 Å². The van der Waals surface area contributed by atoms with E-state index in [9.17, 15) is 4.79 Å². The molecule has 0 spiro atoms. The molecule has 0 saturated heterocycles. The number of primary amides is 1. The maximum atomic E-state index is 11.1. The van der Waals surface area contributed by atoms with E-state index in [1.54, 1.807) is 6.92 Å². The van der Waals surface area contributed by atoms with Crippen molar-refractivity contribution >= 4 is 5.91 Å². The minimum Gasteiger partial charge on any atom is -0.481 e. The normalized spacial score (nSPS) is 12.5. The van der Waals surface area contributed by atoms with Crippen LogP contribution in [0.25, 0.3) is 0 Å². The number of carbonyl (C=O) groups excluding carboxylic acids is 1. The van der Waals surface area contributed by atoms with Gasteiger partial charge in [0, 0.05) is 12.1 Å². The molecule has 1 aromatic carbocycles. The fourth-order valence-corrected chi connectivity index (χ4v) is 1.71. The van der Waals surface area contributed by atoms with Gasteiger partial charge < -0.3 is 15.8 Å². The third-order valence-corrected chi connectivity index (χ3v) is 2.79. The summed E-state index contributed by atoms with van der Waals surface area (Å²) in [4.78, 5) is 11.1. The van der Waals surface area contributed by atoms with E-state index in [4.69, 9.17) is 10.5 Å². The molecule has 4 nitrogen and oxygen atoms in total. The topological polar surface area (TPSA) is 64.3 Å². The van der Waals surface area contributed by atoms with Crippen LogP contribution in [0, 0.1) is 12.8 Å². The van der Waals surface area contributed by atoms with Crippen LogP contribution in [0.15, 0.2) is 18.2 Å². The maximum Gasteiger partial charge on any atom is 0.258 e. The minimum atomic E-state index is -0.619. The summed E-state index contributed by atoms with van der Waals surface area (Å²) >= 11 is 0. The maximum absolute atomic E-state index is 11.1. The fraction of sp³-hybridized carbons (Fsp3) is 0.533. The molecule has 0 fully saturated rings. The summed E-state index contributed by atoms with van der Waals surface area (Å²) in [5.41, 5.74) is 7.44. The Morgan fingerprint density at radius 3 is 2.63 bits per heavy atom.